The highest BCUT2D eigenvalue weighted by Crippen LogP contribution is 2.31. The van der Waals surface area contributed by atoms with E-state index in [1.807, 2.05) is 7.05 Å². The molecule has 0 bridgehead atoms. The van der Waals surface area contributed by atoms with Crippen LogP contribution < -0.4 is 15.8 Å². The van der Waals surface area contributed by atoms with E-state index in [4.69, 9.17) is 10.5 Å². The van der Waals surface area contributed by atoms with Gasteiger partial charge in [-0.3, -0.25) is 0 Å². The van der Waals surface area contributed by atoms with Gasteiger partial charge in [-0.25, -0.2) is 0 Å². The number of aryl methyl sites for hydroxylation is 1. The topological polar surface area (TPSA) is 47.3 Å². The molecule has 0 aliphatic heterocycles. The molecule has 3 nitrogen and oxygen atoms in total. The maximum Gasteiger partial charge on any atom is 0.124 e. The molecule has 3 heteroatoms. The van der Waals surface area contributed by atoms with E-state index in [0.717, 1.165) is 11.3 Å². The fourth-order valence-electron chi connectivity index (χ4n) is 2.17. The average molecular weight is 222 g/mol. The van der Waals surface area contributed by atoms with Gasteiger partial charge in [0.05, 0.1) is 7.11 Å². The lowest BCUT2D eigenvalue weighted by atomic mass is 9.94. The summed E-state index contributed by atoms with van der Waals surface area (Å²) >= 11 is 0. The van der Waals surface area contributed by atoms with Crippen molar-refractivity contribution in [1.29, 1.82) is 0 Å². The largest absolute Gasteiger partial charge is 0.496 e. The second-order valence-electron chi connectivity index (χ2n) is 4.14. The molecule has 0 heterocycles. The zero-order valence-electron chi connectivity index (χ0n) is 10.8. The van der Waals surface area contributed by atoms with Crippen LogP contribution in [0.3, 0.4) is 0 Å². The molecule has 90 valence electrons. The quantitative estimate of drug-likeness (QED) is 0.817. The van der Waals surface area contributed by atoms with Crippen LogP contribution in [-0.2, 0) is 0 Å². The van der Waals surface area contributed by atoms with Crippen molar-refractivity contribution in [2.24, 2.45) is 5.73 Å². The fourth-order valence-corrected chi connectivity index (χ4v) is 2.17. The number of methoxy groups -OCH3 is 1. The Balaban J connectivity index is 3.32. The van der Waals surface area contributed by atoms with E-state index in [0.29, 0.717) is 6.54 Å². The molecule has 1 atom stereocenters. The second kappa shape index (κ2) is 5.32. The number of benzene rings is 1. The average Bonchev–Trinajstić information content (AvgIpc) is 2.27. The normalized spacial score (nSPS) is 12.6. The van der Waals surface area contributed by atoms with E-state index >= 15 is 0 Å². The summed E-state index contributed by atoms with van der Waals surface area (Å²) in [4.78, 5) is 0. The molecular weight excluding hydrogens is 200 g/mol. The Labute approximate surface area is 98.0 Å². The predicted octanol–water partition coefficient (Wildman–Crippen LogP) is 1.84. The molecule has 0 aromatic heterocycles. The van der Waals surface area contributed by atoms with E-state index in [1.54, 1.807) is 7.11 Å². The summed E-state index contributed by atoms with van der Waals surface area (Å²) in [6, 6.07) is 2.37. The summed E-state index contributed by atoms with van der Waals surface area (Å²) < 4.78 is 5.41. The SMILES string of the molecule is CNC(CN)c1cc(C)c(OC)c(C)c1C. The van der Waals surface area contributed by atoms with Crippen molar-refractivity contribution in [2.45, 2.75) is 26.8 Å². The van der Waals surface area contributed by atoms with Crippen molar-refractivity contribution >= 4 is 0 Å². The van der Waals surface area contributed by atoms with Crippen molar-refractivity contribution in [1.82, 2.24) is 5.32 Å². The highest BCUT2D eigenvalue weighted by Gasteiger charge is 2.15. The van der Waals surface area contributed by atoms with Crippen LogP contribution in [0.15, 0.2) is 6.07 Å². The Morgan fingerprint density at radius 1 is 1.31 bits per heavy atom. The Kier molecular flexibility index (Phi) is 4.33. The minimum atomic E-state index is 0.211. The molecule has 3 N–H and O–H groups in total. The minimum Gasteiger partial charge on any atom is -0.496 e. The van der Waals surface area contributed by atoms with Crippen LogP contribution >= 0.6 is 0 Å². The molecule has 0 aliphatic rings. The Morgan fingerprint density at radius 2 is 1.94 bits per heavy atom. The molecule has 0 aliphatic carbocycles. The number of hydrogen-bond donors (Lipinski definition) is 2. The maximum absolute atomic E-state index is 5.76. The number of nitrogens with one attached hydrogen (secondary N) is 1. The number of rotatable bonds is 4. The molecule has 0 saturated heterocycles. The molecule has 0 amide bonds. The predicted molar refractivity (Wildman–Crippen MR) is 68.1 cm³/mol. The Morgan fingerprint density at radius 3 is 2.38 bits per heavy atom. The van der Waals surface area contributed by atoms with Crippen LogP contribution in [0.2, 0.25) is 0 Å². The third-order valence-electron chi connectivity index (χ3n) is 3.23. The van der Waals surface area contributed by atoms with Crippen molar-refractivity contribution in [3.8, 4) is 5.75 Å². The lowest BCUT2D eigenvalue weighted by molar-refractivity contribution is 0.407. The van der Waals surface area contributed by atoms with E-state index in [-0.39, 0.29) is 6.04 Å². The highest BCUT2D eigenvalue weighted by atomic mass is 16.5. The lowest BCUT2D eigenvalue weighted by Gasteiger charge is -2.21. The van der Waals surface area contributed by atoms with Crippen molar-refractivity contribution in [3.05, 3.63) is 28.3 Å². The number of nitrogens with two attached hydrogens (primary N) is 1. The van der Waals surface area contributed by atoms with Crippen LogP contribution in [0, 0.1) is 20.8 Å². The molecule has 0 radical (unpaired) electrons. The van der Waals surface area contributed by atoms with Crippen LogP contribution in [0.1, 0.15) is 28.3 Å². The van der Waals surface area contributed by atoms with Gasteiger partial charge >= 0.3 is 0 Å². The van der Waals surface area contributed by atoms with Crippen molar-refractivity contribution in [3.63, 3.8) is 0 Å². The van der Waals surface area contributed by atoms with Crippen LogP contribution in [0.4, 0.5) is 0 Å². The van der Waals surface area contributed by atoms with Gasteiger partial charge in [0.15, 0.2) is 0 Å². The summed E-state index contributed by atoms with van der Waals surface area (Å²) in [5.41, 5.74) is 10.6. The van der Waals surface area contributed by atoms with Gasteiger partial charge in [-0.05, 0) is 50.1 Å². The van der Waals surface area contributed by atoms with Gasteiger partial charge in [-0.2, -0.15) is 0 Å². The van der Waals surface area contributed by atoms with Gasteiger partial charge in [0, 0.05) is 12.6 Å². The molecule has 0 saturated carbocycles. The maximum atomic E-state index is 5.76. The van der Waals surface area contributed by atoms with Crippen LogP contribution in [-0.4, -0.2) is 20.7 Å². The fraction of sp³-hybridized carbons (Fsp3) is 0.538. The smallest absolute Gasteiger partial charge is 0.124 e. The molecular formula is C13H22N2O. The summed E-state index contributed by atoms with van der Waals surface area (Å²) in [5, 5.41) is 3.23. The zero-order chi connectivity index (χ0) is 12.3. The molecule has 1 aromatic carbocycles. The number of ether oxygens (including phenoxy) is 1. The highest BCUT2D eigenvalue weighted by molar-refractivity contribution is 5.50. The van der Waals surface area contributed by atoms with Gasteiger partial charge in [0.2, 0.25) is 0 Å². The third kappa shape index (κ3) is 2.20. The molecule has 1 rings (SSSR count). The van der Waals surface area contributed by atoms with Crippen molar-refractivity contribution < 1.29 is 4.74 Å². The minimum absolute atomic E-state index is 0.211. The summed E-state index contributed by atoms with van der Waals surface area (Å²) in [5.74, 6) is 0.980. The van der Waals surface area contributed by atoms with E-state index in [1.165, 1.54) is 16.7 Å². The van der Waals surface area contributed by atoms with E-state index in [2.05, 4.69) is 32.2 Å². The Bertz CT molecular complexity index is 371. The summed E-state index contributed by atoms with van der Waals surface area (Å²) in [6.07, 6.45) is 0. The van der Waals surface area contributed by atoms with Gasteiger partial charge in [0.25, 0.3) is 0 Å². The van der Waals surface area contributed by atoms with Crippen LogP contribution in [0.5, 0.6) is 5.75 Å². The van der Waals surface area contributed by atoms with Crippen molar-refractivity contribution in [2.75, 3.05) is 20.7 Å². The number of hydrogen-bond acceptors (Lipinski definition) is 3. The van der Waals surface area contributed by atoms with E-state index in [9.17, 15) is 0 Å². The Hall–Kier alpha value is -1.06. The molecule has 1 unspecified atom stereocenters. The summed E-state index contributed by atoms with van der Waals surface area (Å²) in [7, 11) is 3.65. The van der Waals surface area contributed by atoms with E-state index < -0.39 is 0 Å². The summed E-state index contributed by atoms with van der Waals surface area (Å²) in [6.45, 7) is 6.88. The third-order valence-corrected chi connectivity index (χ3v) is 3.23. The first-order valence-corrected chi connectivity index (χ1v) is 5.58. The van der Waals surface area contributed by atoms with Gasteiger partial charge in [-0.1, -0.05) is 6.07 Å². The van der Waals surface area contributed by atoms with Gasteiger partial charge in [-0.15, -0.1) is 0 Å². The molecule has 16 heavy (non-hydrogen) atoms. The lowest BCUT2D eigenvalue weighted by Crippen LogP contribution is -2.26. The number of likely N-dealkylation sites (N-methyl/N-ethyl adjacent to an activating group) is 1. The molecule has 0 spiro atoms. The standard InChI is InChI=1S/C13H22N2O/c1-8-6-11(12(7-14)15-4)9(2)10(3)13(8)16-5/h6,12,15H,7,14H2,1-5H3. The van der Waals surface area contributed by atoms with Crippen LogP contribution in [0.25, 0.3) is 0 Å². The zero-order valence-corrected chi connectivity index (χ0v) is 10.8. The first kappa shape index (κ1) is 13.0. The molecule has 1 aromatic rings. The first-order chi connectivity index (χ1) is 7.56. The monoisotopic (exact) mass is 222 g/mol. The van der Waals surface area contributed by atoms with Gasteiger partial charge < -0.3 is 15.8 Å². The van der Waals surface area contributed by atoms with Gasteiger partial charge in [0.1, 0.15) is 5.75 Å². The molecule has 0 fully saturated rings. The second-order valence-corrected chi connectivity index (χ2v) is 4.14. The first-order valence-electron chi connectivity index (χ1n) is 5.58.